The summed E-state index contributed by atoms with van der Waals surface area (Å²) < 4.78 is 14.1. The van der Waals surface area contributed by atoms with Gasteiger partial charge in [-0.25, -0.2) is 4.39 Å². The number of H-pyrrole nitrogens is 1. The van der Waals surface area contributed by atoms with Gasteiger partial charge in [-0.1, -0.05) is 41.5 Å². The van der Waals surface area contributed by atoms with Crippen LogP contribution >= 0.6 is 27.7 Å². The van der Waals surface area contributed by atoms with Crippen molar-refractivity contribution in [2.75, 3.05) is 0 Å². The van der Waals surface area contributed by atoms with Crippen LogP contribution in [-0.4, -0.2) is 9.97 Å². The van der Waals surface area contributed by atoms with E-state index >= 15 is 0 Å². The Morgan fingerprint density at radius 2 is 1.93 bits per heavy atom. The molecule has 4 rings (SSSR count). The normalized spacial score (nSPS) is 11.0. The van der Waals surface area contributed by atoms with Crippen LogP contribution in [0.3, 0.4) is 0 Å². The summed E-state index contributed by atoms with van der Waals surface area (Å²) in [5.74, 6) is -0.267. The van der Waals surface area contributed by atoms with Gasteiger partial charge in [0, 0.05) is 54.9 Å². The van der Waals surface area contributed by atoms with E-state index in [1.807, 2.05) is 50.4 Å². The van der Waals surface area contributed by atoms with Gasteiger partial charge in [-0.3, -0.25) is 4.98 Å². The van der Waals surface area contributed by atoms with Gasteiger partial charge in [-0.15, -0.1) is 0 Å². The minimum atomic E-state index is -0.267. The van der Waals surface area contributed by atoms with Gasteiger partial charge in [0.1, 0.15) is 5.82 Å². The maximum absolute atomic E-state index is 13.2. The molecular weight excluding hydrogens is 461 g/mol. The fourth-order valence-electron chi connectivity index (χ4n) is 2.87. The molecular formula is C24H19BrFN3S. The first-order chi connectivity index (χ1) is 14.6. The monoisotopic (exact) mass is 479 g/mol. The van der Waals surface area contributed by atoms with Crippen molar-refractivity contribution in [3.05, 3.63) is 88.5 Å². The van der Waals surface area contributed by atoms with Crippen molar-refractivity contribution in [3.63, 3.8) is 0 Å². The Morgan fingerprint density at radius 1 is 1.17 bits per heavy atom. The molecule has 4 aromatic rings. The van der Waals surface area contributed by atoms with Crippen molar-refractivity contribution in [2.24, 2.45) is 0 Å². The second-order valence-electron chi connectivity index (χ2n) is 6.03. The highest BCUT2D eigenvalue weighted by molar-refractivity contribution is 9.10. The third-order valence-corrected chi connectivity index (χ3v) is 5.80. The van der Waals surface area contributed by atoms with E-state index in [1.54, 1.807) is 24.5 Å². The molecule has 0 aliphatic heterocycles. The first kappa shape index (κ1) is 21.8. The summed E-state index contributed by atoms with van der Waals surface area (Å²) in [7, 11) is 0. The summed E-state index contributed by atoms with van der Waals surface area (Å²) in [5.41, 5.74) is 3.17. The van der Waals surface area contributed by atoms with Gasteiger partial charge in [0.2, 0.25) is 0 Å². The molecule has 0 bridgehead atoms. The molecule has 0 saturated carbocycles. The van der Waals surface area contributed by atoms with E-state index in [2.05, 4.69) is 32.0 Å². The van der Waals surface area contributed by atoms with E-state index in [1.165, 1.54) is 23.9 Å². The van der Waals surface area contributed by atoms with Gasteiger partial charge in [-0.2, -0.15) is 5.26 Å². The highest BCUT2D eigenvalue weighted by Gasteiger charge is 2.11. The fraction of sp³-hybridized carbons (Fsp3) is 0.0833. The maximum Gasteiger partial charge on any atom is 0.123 e. The third kappa shape index (κ3) is 4.99. The zero-order valence-electron chi connectivity index (χ0n) is 16.5. The number of nitrogens with one attached hydrogen (secondary N) is 1. The van der Waals surface area contributed by atoms with E-state index in [9.17, 15) is 9.65 Å². The van der Waals surface area contributed by atoms with E-state index < -0.39 is 0 Å². The molecule has 0 atom stereocenters. The molecule has 30 heavy (non-hydrogen) atoms. The number of rotatable bonds is 4. The van der Waals surface area contributed by atoms with Gasteiger partial charge in [-0.05, 0) is 54.6 Å². The number of pyridine rings is 1. The lowest BCUT2D eigenvalue weighted by Crippen LogP contribution is -1.86. The molecule has 2 aromatic carbocycles. The van der Waals surface area contributed by atoms with Crippen molar-refractivity contribution in [1.82, 2.24) is 9.97 Å². The summed E-state index contributed by atoms with van der Waals surface area (Å²) >= 11 is 4.99. The average Bonchev–Trinajstić information content (AvgIpc) is 3.19. The van der Waals surface area contributed by atoms with Crippen LogP contribution in [0.5, 0.6) is 0 Å². The Balaban J connectivity index is 0.00000124. The molecule has 0 aliphatic carbocycles. The number of benzene rings is 2. The molecule has 0 fully saturated rings. The number of allylic oxidation sites excluding steroid dienone is 1. The minimum Gasteiger partial charge on any atom is -0.361 e. The predicted molar refractivity (Wildman–Crippen MR) is 126 cm³/mol. The summed E-state index contributed by atoms with van der Waals surface area (Å²) in [4.78, 5) is 9.26. The molecule has 150 valence electrons. The standard InChI is InChI=1S/C22H13BrFN3S.C2H6/c23-16-1-6-21-19(10-16)20(13-27-21)14(11-25)9-15-12-26-8-7-22(15)28-18-4-2-17(24)3-5-18;1-2/h1-10,12-13,27H;1-2H3/b14-9+;. The number of nitriles is 1. The Labute approximate surface area is 187 Å². The van der Waals surface area contributed by atoms with Crippen LogP contribution in [0.15, 0.2) is 81.4 Å². The number of hydrogen-bond acceptors (Lipinski definition) is 3. The van der Waals surface area contributed by atoms with E-state index in [0.29, 0.717) is 5.57 Å². The molecule has 1 N–H and O–H groups in total. The Morgan fingerprint density at radius 3 is 2.67 bits per heavy atom. The highest BCUT2D eigenvalue weighted by atomic mass is 79.9. The van der Waals surface area contributed by atoms with Crippen LogP contribution in [0, 0.1) is 17.1 Å². The Kier molecular flexibility index (Phi) is 7.45. The average molecular weight is 480 g/mol. The number of halogens is 2. The quantitative estimate of drug-likeness (QED) is 0.305. The second-order valence-corrected chi connectivity index (χ2v) is 8.06. The SMILES string of the molecule is CC.N#C/C(=C\c1cnccc1Sc1ccc(F)cc1)c1c[nH]c2ccc(Br)cc12. The van der Waals surface area contributed by atoms with Crippen LogP contribution in [0.25, 0.3) is 22.6 Å². The fourth-order valence-corrected chi connectivity index (χ4v) is 4.11. The molecule has 0 amide bonds. The number of aromatic nitrogens is 2. The third-order valence-electron chi connectivity index (χ3n) is 4.21. The smallest absolute Gasteiger partial charge is 0.123 e. The summed E-state index contributed by atoms with van der Waals surface area (Å²) in [6.07, 6.45) is 7.11. The van der Waals surface area contributed by atoms with Crippen molar-refractivity contribution in [2.45, 2.75) is 23.6 Å². The number of hydrogen-bond donors (Lipinski definition) is 1. The first-order valence-corrected chi connectivity index (χ1v) is 11.0. The van der Waals surface area contributed by atoms with Crippen molar-refractivity contribution >= 4 is 50.2 Å². The molecule has 2 aromatic heterocycles. The lowest BCUT2D eigenvalue weighted by atomic mass is 10.0. The van der Waals surface area contributed by atoms with Crippen LogP contribution < -0.4 is 0 Å². The van der Waals surface area contributed by atoms with E-state index in [4.69, 9.17) is 0 Å². The van der Waals surface area contributed by atoms with Crippen LogP contribution in [0.1, 0.15) is 25.0 Å². The van der Waals surface area contributed by atoms with Gasteiger partial charge < -0.3 is 4.98 Å². The first-order valence-electron chi connectivity index (χ1n) is 9.40. The maximum atomic E-state index is 13.2. The Bertz CT molecular complexity index is 1220. The molecule has 0 unspecified atom stereocenters. The number of fused-ring (bicyclic) bond motifs is 1. The lowest BCUT2D eigenvalue weighted by Gasteiger charge is -2.06. The summed E-state index contributed by atoms with van der Waals surface area (Å²) in [5, 5.41) is 10.8. The summed E-state index contributed by atoms with van der Waals surface area (Å²) in [6, 6.07) is 16.4. The van der Waals surface area contributed by atoms with Crippen molar-refractivity contribution < 1.29 is 4.39 Å². The van der Waals surface area contributed by atoms with Gasteiger partial charge in [0.15, 0.2) is 0 Å². The largest absolute Gasteiger partial charge is 0.361 e. The van der Waals surface area contributed by atoms with E-state index in [0.717, 1.165) is 36.3 Å². The molecule has 0 aliphatic rings. The Hall–Kier alpha value is -2.88. The van der Waals surface area contributed by atoms with Crippen molar-refractivity contribution in [3.8, 4) is 6.07 Å². The molecule has 3 nitrogen and oxygen atoms in total. The van der Waals surface area contributed by atoms with Gasteiger partial charge in [0.05, 0.1) is 11.6 Å². The molecule has 0 saturated heterocycles. The topological polar surface area (TPSA) is 52.5 Å². The van der Waals surface area contributed by atoms with Crippen LogP contribution in [0.2, 0.25) is 0 Å². The molecule has 6 heteroatoms. The van der Waals surface area contributed by atoms with Gasteiger partial charge in [0.25, 0.3) is 0 Å². The predicted octanol–water partition coefficient (Wildman–Crippen LogP) is 7.71. The van der Waals surface area contributed by atoms with Crippen LogP contribution in [-0.2, 0) is 0 Å². The number of nitrogens with zero attached hydrogens (tertiary/aromatic N) is 2. The minimum absolute atomic E-state index is 0.267. The molecule has 0 radical (unpaired) electrons. The zero-order valence-corrected chi connectivity index (χ0v) is 18.9. The van der Waals surface area contributed by atoms with Crippen molar-refractivity contribution in [1.29, 1.82) is 5.26 Å². The number of aromatic amines is 1. The summed E-state index contributed by atoms with van der Waals surface area (Å²) in [6.45, 7) is 4.00. The van der Waals surface area contributed by atoms with E-state index in [-0.39, 0.29) is 5.82 Å². The van der Waals surface area contributed by atoms with Gasteiger partial charge >= 0.3 is 0 Å². The lowest BCUT2D eigenvalue weighted by molar-refractivity contribution is 0.626. The molecule has 0 spiro atoms. The van der Waals surface area contributed by atoms with Crippen LogP contribution in [0.4, 0.5) is 4.39 Å². The molecule has 2 heterocycles. The zero-order chi connectivity index (χ0) is 21.5. The second kappa shape index (κ2) is 10.2. The highest BCUT2D eigenvalue weighted by Crippen LogP contribution is 2.33.